The summed E-state index contributed by atoms with van der Waals surface area (Å²) in [6.45, 7) is 0. The van der Waals surface area contributed by atoms with Crippen LogP contribution >= 0.6 is 27.5 Å². The maximum Gasteiger partial charge on any atom is 0.291 e. The Balaban J connectivity index is 1.60. The van der Waals surface area contributed by atoms with Crippen LogP contribution in [0, 0.1) is 0 Å². The lowest BCUT2D eigenvalue weighted by atomic mass is 10.2. The summed E-state index contributed by atoms with van der Waals surface area (Å²) in [6.07, 6.45) is 1.40. The van der Waals surface area contributed by atoms with Crippen molar-refractivity contribution in [3.8, 4) is 0 Å². The van der Waals surface area contributed by atoms with Crippen molar-refractivity contribution in [2.24, 2.45) is 0 Å². The predicted molar refractivity (Wildman–Crippen MR) is 110 cm³/mol. The Morgan fingerprint density at radius 3 is 2.43 bits per heavy atom. The number of fused-ring (bicyclic) bond motifs is 1. The van der Waals surface area contributed by atoms with Crippen LogP contribution in [0.1, 0.15) is 21.1 Å². The molecule has 2 aromatic heterocycles. The monoisotopic (exact) mass is 458 g/mol. The van der Waals surface area contributed by atoms with E-state index < -0.39 is 11.8 Å². The van der Waals surface area contributed by atoms with Gasteiger partial charge in [-0.15, -0.1) is 0 Å². The lowest BCUT2D eigenvalue weighted by Gasteiger charge is -2.11. The lowest BCUT2D eigenvalue weighted by molar-refractivity contribution is 0.0988. The van der Waals surface area contributed by atoms with E-state index in [-0.39, 0.29) is 11.5 Å². The molecule has 2 amide bonds. The van der Waals surface area contributed by atoms with E-state index in [0.29, 0.717) is 22.0 Å². The fourth-order valence-electron chi connectivity index (χ4n) is 2.64. The Kier molecular flexibility index (Phi) is 4.93. The van der Waals surface area contributed by atoms with Gasteiger partial charge in [-0.3, -0.25) is 9.59 Å². The molecule has 0 saturated heterocycles. The Morgan fingerprint density at radius 1 is 0.893 bits per heavy atom. The van der Waals surface area contributed by atoms with E-state index in [1.54, 1.807) is 24.3 Å². The van der Waals surface area contributed by atoms with Gasteiger partial charge >= 0.3 is 0 Å². The molecule has 28 heavy (non-hydrogen) atoms. The molecule has 0 unspecified atom stereocenters. The van der Waals surface area contributed by atoms with Crippen LogP contribution in [0.25, 0.3) is 11.0 Å². The van der Waals surface area contributed by atoms with Gasteiger partial charge in [-0.2, -0.15) is 0 Å². The SMILES string of the molecule is O=C(Nc1cc(Cl)ccc1NC(=O)c1cc2cccc(Br)c2o1)c1ccco1. The second-order valence-electron chi connectivity index (χ2n) is 5.84. The maximum atomic E-state index is 12.7. The number of furan rings is 2. The van der Waals surface area contributed by atoms with Gasteiger partial charge in [0.2, 0.25) is 0 Å². The zero-order chi connectivity index (χ0) is 19.7. The molecule has 0 aliphatic carbocycles. The number of para-hydroxylation sites is 1. The molecular weight excluding hydrogens is 448 g/mol. The van der Waals surface area contributed by atoms with Crippen molar-refractivity contribution in [2.45, 2.75) is 0 Å². The highest BCUT2D eigenvalue weighted by Gasteiger charge is 2.17. The van der Waals surface area contributed by atoms with Crippen LogP contribution in [0.5, 0.6) is 0 Å². The smallest absolute Gasteiger partial charge is 0.291 e. The summed E-state index contributed by atoms with van der Waals surface area (Å²) in [4.78, 5) is 24.9. The molecule has 0 atom stereocenters. The van der Waals surface area contributed by atoms with E-state index in [4.69, 9.17) is 20.4 Å². The molecule has 2 heterocycles. The van der Waals surface area contributed by atoms with Gasteiger partial charge in [0.05, 0.1) is 22.1 Å². The zero-order valence-electron chi connectivity index (χ0n) is 14.2. The van der Waals surface area contributed by atoms with Gasteiger partial charge in [-0.1, -0.05) is 23.7 Å². The first-order valence-corrected chi connectivity index (χ1v) is 9.32. The number of halogens is 2. The molecule has 0 fully saturated rings. The van der Waals surface area contributed by atoms with Gasteiger partial charge in [0, 0.05) is 10.4 Å². The topological polar surface area (TPSA) is 84.5 Å². The molecule has 4 aromatic rings. The normalized spacial score (nSPS) is 10.8. The number of carbonyl (C=O) groups excluding carboxylic acids is 2. The lowest BCUT2D eigenvalue weighted by Crippen LogP contribution is -2.16. The summed E-state index contributed by atoms with van der Waals surface area (Å²) in [5.41, 5.74) is 1.28. The van der Waals surface area contributed by atoms with Crippen molar-refractivity contribution in [1.82, 2.24) is 0 Å². The average molecular weight is 460 g/mol. The van der Waals surface area contributed by atoms with Crippen LogP contribution in [0.15, 0.2) is 74.2 Å². The Morgan fingerprint density at radius 2 is 1.68 bits per heavy atom. The number of benzene rings is 2. The Hall–Kier alpha value is -3.03. The number of hydrogen-bond donors (Lipinski definition) is 2. The second-order valence-corrected chi connectivity index (χ2v) is 7.14. The first kappa shape index (κ1) is 18.3. The quantitative estimate of drug-likeness (QED) is 0.395. The van der Waals surface area contributed by atoms with Crippen molar-refractivity contribution < 1.29 is 18.4 Å². The minimum Gasteiger partial charge on any atom is -0.459 e. The van der Waals surface area contributed by atoms with E-state index in [9.17, 15) is 9.59 Å². The largest absolute Gasteiger partial charge is 0.459 e. The summed E-state index contributed by atoms with van der Waals surface area (Å²) in [6, 6.07) is 15.0. The number of hydrogen-bond acceptors (Lipinski definition) is 4. The van der Waals surface area contributed by atoms with Gasteiger partial charge in [0.15, 0.2) is 11.5 Å². The molecule has 0 aliphatic heterocycles. The standard InChI is InChI=1S/C20H12BrClN2O4/c21-13-4-1-3-11-9-17(28-18(11)13)20(26)23-14-7-6-12(22)10-15(14)24-19(25)16-5-2-8-27-16/h1-10H,(H,23,26)(H,24,25). The summed E-state index contributed by atoms with van der Waals surface area (Å²) < 4.78 is 11.5. The van der Waals surface area contributed by atoms with Gasteiger partial charge in [0.1, 0.15) is 5.58 Å². The number of carbonyl (C=O) groups is 2. The minimum absolute atomic E-state index is 0.138. The van der Waals surface area contributed by atoms with Crippen LogP contribution < -0.4 is 10.6 Å². The van der Waals surface area contributed by atoms with E-state index in [2.05, 4.69) is 26.6 Å². The molecule has 0 saturated carbocycles. The molecule has 4 rings (SSSR count). The number of anilines is 2. The van der Waals surface area contributed by atoms with E-state index in [0.717, 1.165) is 9.86 Å². The van der Waals surface area contributed by atoms with Crippen molar-refractivity contribution in [1.29, 1.82) is 0 Å². The third-order valence-corrected chi connectivity index (χ3v) is 4.80. The van der Waals surface area contributed by atoms with Crippen molar-refractivity contribution >= 4 is 61.7 Å². The van der Waals surface area contributed by atoms with Gasteiger partial charge in [0.25, 0.3) is 11.8 Å². The molecule has 140 valence electrons. The fourth-order valence-corrected chi connectivity index (χ4v) is 3.28. The highest BCUT2D eigenvalue weighted by Crippen LogP contribution is 2.30. The molecule has 2 aromatic carbocycles. The van der Waals surface area contributed by atoms with Crippen LogP contribution in [-0.4, -0.2) is 11.8 Å². The van der Waals surface area contributed by atoms with Gasteiger partial charge in [-0.25, -0.2) is 0 Å². The van der Waals surface area contributed by atoms with Crippen LogP contribution in [0.4, 0.5) is 11.4 Å². The minimum atomic E-state index is -0.463. The van der Waals surface area contributed by atoms with E-state index >= 15 is 0 Å². The third-order valence-electron chi connectivity index (χ3n) is 3.94. The van der Waals surface area contributed by atoms with E-state index in [1.807, 2.05) is 18.2 Å². The van der Waals surface area contributed by atoms with Crippen LogP contribution in [-0.2, 0) is 0 Å². The highest BCUT2D eigenvalue weighted by atomic mass is 79.9. The summed E-state index contributed by atoms with van der Waals surface area (Å²) in [7, 11) is 0. The second kappa shape index (κ2) is 7.53. The highest BCUT2D eigenvalue weighted by molar-refractivity contribution is 9.10. The van der Waals surface area contributed by atoms with Crippen LogP contribution in [0.3, 0.4) is 0 Å². The summed E-state index contributed by atoms with van der Waals surface area (Å²) in [5.74, 6) is -0.645. The van der Waals surface area contributed by atoms with Crippen LogP contribution in [0.2, 0.25) is 5.02 Å². The molecular formula is C20H12BrClN2O4. The van der Waals surface area contributed by atoms with Crippen molar-refractivity contribution in [3.63, 3.8) is 0 Å². The first-order valence-electron chi connectivity index (χ1n) is 8.15. The first-order chi connectivity index (χ1) is 13.5. The van der Waals surface area contributed by atoms with E-state index in [1.165, 1.54) is 18.4 Å². The molecule has 0 spiro atoms. The Bertz CT molecular complexity index is 1180. The number of rotatable bonds is 4. The number of amides is 2. The van der Waals surface area contributed by atoms with Gasteiger partial charge in [-0.05, 0) is 58.4 Å². The fraction of sp³-hybridized carbons (Fsp3) is 0. The average Bonchev–Trinajstić information content (AvgIpc) is 3.34. The molecule has 0 bridgehead atoms. The molecule has 0 aliphatic rings. The molecule has 8 heteroatoms. The summed E-state index contributed by atoms with van der Waals surface area (Å²) in [5, 5.41) is 6.61. The molecule has 0 radical (unpaired) electrons. The Labute approximate surface area is 172 Å². The van der Waals surface area contributed by atoms with Crippen molar-refractivity contribution in [3.05, 3.63) is 81.9 Å². The third kappa shape index (κ3) is 3.67. The zero-order valence-corrected chi connectivity index (χ0v) is 16.5. The van der Waals surface area contributed by atoms with Gasteiger partial charge < -0.3 is 19.5 Å². The predicted octanol–water partition coefficient (Wildman–Crippen LogP) is 5.95. The summed E-state index contributed by atoms with van der Waals surface area (Å²) >= 11 is 9.43. The molecule has 6 nitrogen and oxygen atoms in total. The van der Waals surface area contributed by atoms with Crippen molar-refractivity contribution in [2.75, 3.05) is 10.6 Å². The maximum absolute atomic E-state index is 12.7. The molecule has 2 N–H and O–H groups in total. The number of nitrogens with one attached hydrogen (secondary N) is 2.